The van der Waals surface area contributed by atoms with Crippen LogP contribution in [0.15, 0.2) is 29.0 Å². The molecule has 0 spiro atoms. The zero-order chi connectivity index (χ0) is 23.7. The first-order valence-electron chi connectivity index (χ1n) is 10.1. The first-order chi connectivity index (χ1) is 15.0. The molecule has 3 aliphatic carbocycles. The van der Waals surface area contributed by atoms with Gasteiger partial charge in [0, 0.05) is 24.2 Å². The summed E-state index contributed by atoms with van der Waals surface area (Å²) in [6.45, 7) is 0. The van der Waals surface area contributed by atoms with Crippen LogP contribution in [-0.4, -0.2) is 75.6 Å². The molecule has 32 heavy (non-hydrogen) atoms. The van der Waals surface area contributed by atoms with Gasteiger partial charge in [-0.3, -0.25) is 19.3 Å². The van der Waals surface area contributed by atoms with Gasteiger partial charge in [-0.2, -0.15) is 0 Å². The Morgan fingerprint density at radius 3 is 2.44 bits per heavy atom. The molecule has 0 aromatic heterocycles. The van der Waals surface area contributed by atoms with E-state index in [4.69, 9.17) is 5.73 Å². The number of primary amides is 1. The van der Waals surface area contributed by atoms with Gasteiger partial charge in [-0.15, -0.1) is 0 Å². The van der Waals surface area contributed by atoms with Gasteiger partial charge in [0.1, 0.15) is 22.8 Å². The number of rotatable bonds is 3. The molecule has 4 rings (SSSR count). The molecule has 1 aromatic carbocycles. The number of aromatic hydroxyl groups is 1. The third-order valence-electron chi connectivity index (χ3n) is 6.87. The van der Waals surface area contributed by atoms with Crippen molar-refractivity contribution in [2.45, 2.75) is 24.5 Å². The number of ketones is 2. The van der Waals surface area contributed by atoms with E-state index in [1.165, 1.54) is 11.0 Å². The molecule has 10 heteroatoms. The average molecular weight is 443 g/mol. The van der Waals surface area contributed by atoms with Crippen LogP contribution in [0.2, 0.25) is 0 Å². The van der Waals surface area contributed by atoms with Crippen LogP contribution in [-0.2, 0) is 20.8 Å². The minimum Gasteiger partial charge on any atom is -0.508 e. The number of hydrogen-bond donors (Lipinski definition) is 6. The Balaban J connectivity index is 1.99. The standard InChI is InChI=1S/C22H25N3O7/c1-24-11-4-5-12(26)14-9(11)6-8-7-10-16(25(2)3)18(28)15(21(23)31)20(30)22(10,32)19(29)13(8)17(14)27/h4-5,8,10,16,24,26-27,30,32H,6-7H2,1-3H3,(H2,23,31). The van der Waals surface area contributed by atoms with Crippen LogP contribution >= 0.6 is 0 Å². The summed E-state index contributed by atoms with van der Waals surface area (Å²) in [4.78, 5) is 40.0. The molecular formula is C22H25N3O7. The van der Waals surface area contributed by atoms with Crippen LogP contribution in [0.3, 0.4) is 0 Å². The number of hydrogen-bond acceptors (Lipinski definition) is 9. The number of aliphatic hydroxyl groups is 3. The maximum Gasteiger partial charge on any atom is 0.255 e. The van der Waals surface area contributed by atoms with E-state index in [1.54, 1.807) is 27.2 Å². The molecule has 0 heterocycles. The van der Waals surface area contributed by atoms with Crippen molar-refractivity contribution >= 4 is 28.9 Å². The highest BCUT2D eigenvalue weighted by Crippen LogP contribution is 2.53. The fourth-order valence-corrected chi connectivity index (χ4v) is 5.48. The van der Waals surface area contributed by atoms with Crippen molar-refractivity contribution in [3.63, 3.8) is 0 Å². The lowest BCUT2D eigenvalue weighted by atomic mass is 9.57. The molecule has 0 bridgehead atoms. The molecule has 7 N–H and O–H groups in total. The number of likely N-dealkylation sites (N-methyl/N-ethyl adjacent to an activating group) is 1. The lowest BCUT2D eigenvalue weighted by Gasteiger charge is -2.50. The van der Waals surface area contributed by atoms with Crippen LogP contribution in [0.25, 0.3) is 5.76 Å². The predicted octanol–water partition coefficient (Wildman–Crippen LogP) is 0.00570. The number of Topliss-reactive ketones (excluding diaryl/α,β-unsaturated/α-hetero) is 2. The van der Waals surface area contributed by atoms with Crippen molar-refractivity contribution in [2.24, 2.45) is 17.6 Å². The molecule has 0 aliphatic heterocycles. The molecule has 1 aromatic rings. The Morgan fingerprint density at radius 1 is 1.22 bits per heavy atom. The number of nitrogens with zero attached hydrogens (tertiary/aromatic N) is 1. The second kappa shape index (κ2) is 7.07. The van der Waals surface area contributed by atoms with Crippen LogP contribution in [0.4, 0.5) is 5.69 Å². The van der Waals surface area contributed by atoms with Gasteiger partial charge in [0.25, 0.3) is 5.91 Å². The summed E-state index contributed by atoms with van der Waals surface area (Å²) in [5, 5.41) is 46.6. The largest absolute Gasteiger partial charge is 0.508 e. The summed E-state index contributed by atoms with van der Waals surface area (Å²) < 4.78 is 0. The van der Waals surface area contributed by atoms with E-state index in [0.29, 0.717) is 11.3 Å². The first kappa shape index (κ1) is 21.8. The molecule has 4 unspecified atom stereocenters. The number of nitrogens with one attached hydrogen (secondary N) is 1. The monoisotopic (exact) mass is 443 g/mol. The van der Waals surface area contributed by atoms with Crippen molar-refractivity contribution in [1.29, 1.82) is 0 Å². The Labute approximate surface area is 183 Å². The Hall–Kier alpha value is -3.37. The fourth-order valence-electron chi connectivity index (χ4n) is 5.48. The number of carbonyl (C=O) groups is 3. The molecule has 10 nitrogen and oxygen atoms in total. The van der Waals surface area contributed by atoms with Gasteiger partial charge in [-0.25, -0.2) is 0 Å². The molecule has 3 aliphatic rings. The van der Waals surface area contributed by atoms with Gasteiger partial charge in [0.2, 0.25) is 5.78 Å². The van der Waals surface area contributed by atoms with E-state index in [0.717, 1.165) is 0 Å². The Kier molecular flexibility index (Phi) is 4.83. The summed E-state index contributed by atoms with van der Waals surface area (Å²) in [5.74, 6) is -6.58. The number of carbonyl (C=O) groups excluding carboxylic acids is 3. The number of fused-ring (bicyclic) bond motifs is 3. The Morgan fingerprint density at radius 2 is 1.88 bits per heavy atom. The second-order valence-corrected chi connectivity index (χ2v) is 8.70. The van der Waals surface area contributed by atoms with Gasteiger partial charge < -0.3 is 31.5 Å². The summed E-state index contributed by atoms with van der Waals surface area (Å²) in [7, 11) is 4.80. The highest BCUT2D eigenvalue weighted by Gasteiger charge is 2.64. The minimum atomic E-state index is -2.62. The quantitative estimate of drug-likeness (QED) is 0.278. The third kappa shape index (κ3) is 2.63. The van der Waals surface area contributed by atoms with Gasteiger partial charge in [-0.05, 0) is 50.6 Å². The van der Waals surface area contributed by atoms with E-state index >= 15 is 0 Å². The number of phenolic OH excluding ortho intramolecular Hbond substituents is 1. The second-order valence-electron chi connectivity index (χ2n) is 8.70. The van der Waals surface area contributed by atoms with E-state index in [-0.39, 0.29) is 29.7 Å². The third-order valence-corrected chi connectivity index (χ3v) is 6.87. The van der Waals surface area contributed by atoms with E-state index < -0.39 is 58.0 Å². The van der Waals surface area contributed by atoms with Gasteiger partial charge in [0.15, 0.2) is 11.4 Å². The van der Waals surface area contributed by atoms with Crippen molar-refractivity contribution < 1.29 is 34.8 Å². The molecular weight excluding hydrogens is 418 g/mol. The molecule has 0 radical (unpaired) electrons. The summed E-state index contributed by atoms with van der Waals surface area (Å²) >= 11 is 0. The molecule has 1 fully saturated rings. The van der Waals surface area contributed by atoms with E-state index in [2.05, 4.69) is 5.32 Å². The maximum absolute atomic E-state index is 13.6. The highest BCUT2D eigenvalue weighted by molar-refractivity contribution is 6.24. The molecule has 1 amide bonds. The van der Waals surface area contributed by atoms with Crippen molar-refractivity contribution in [3.05, 3.63) is 40.2 Å². The molecule has 4 atom stereocenters. The lowest BCUT2D eigenvalue weighted by Crippen LogP contribution is -2.65. The van der Waals surface area contributed by atoms with Crippen molar-refractivity contribution in [2.75, 3.05) is 26.5 Å². The summed E-state index contributed by atoms with van der Waals surface area (Å²) in [6.07, 6.45) is 0.309. The zero-order valence-corrected chi connectivity index (χ0v) is 17.8. The summed E-state index contributed by atoms with van der Waals surface area (Å²) in [6, 6.07) is 1.92. The summed E-state index contributed by atoms with van der Waals surface area (Å²) in [5.41, 5.74) is 2.98. The smallest absolute Gasteiger partial charge is 0.255 e. The molecule has 1 saturated carbocycles. The first-order valence-corrected chi connectivity index (χ1v) is 10.1. The molecule has 0 saturated heterocycles. The van der Waals surface area contributed by atoms with Gasteiger partial charge >= 0.3 is 0 Å². The van der Waals surface area contributed by atoms with Crippen LogP contribution in [0.1, 0.15) is 17.5 Å². The number of aliphatic hydroxyl groups excluding tert-OH is 2. The zero-order valence-electron chi connectivity index (χ0n) is 17.8. The lowest BCUT2D eigenvalue weighted by molar-refractivity contribution is -0.153. The number of phenols is 1. The van der Waals surface area contributed by atoms with Crippen LogP contribution < -0.4 is 11.1 Å². The predicted molar refractivity (Wildman–Crippen MR) is 114 cm³/mol. The average Bonchev–Trinajstić information content (AvgIpc) is 2.70. The van der Waals surface area contributed by atoms with Crippen molar-refractivity contribution in [1.82, 2.24) is 4.90 Å². The minimum absolute atomic E-state index is 0.0601. The van der Waals surface area contributed by atoms with Crippen LogP contribution in [0, 0.1) is 11.8 Å². The topological polar surface area (TPSA) is 173 Å². The number of amides is 1. The van der Waals surface area contributed by atoms with E-state index in [9.17, 15) is 34.8 Å². The fraction of sp³-hybridized carbons (Fsp3) is 0.409. The SMILES string of the molecule is CNc1ccc(O)c2c1CC1CC3C(N(C)C)C(=O)C(C(N)=O)=C(O)C3(O)C(=O)C1=C2O. The maximum atomic E-state index is 13.6. The van der Waals surface area contributed by atoms with Crippen molar-refractivity contribution in [3.8, 4) is 5.75 Å². The number of anilines is 1. The highest BCUT2D eigenvalue weighted by atomic mass is 16.3. The molecule has 170 valence electrons. The number of benzene rings is 1. The van der Waals surface area contributed by atoms with Gasteiger partial charge in [-0.1, -0.05) is 0 Å². The van der Waals surface area contributed by atoms with Gasteiger partial charge in [0.05, 0.1) is 11.6 Å². The van der Waals surface area contributed by atoms with E-state index in [1.807, 2.05) is 0 Å². The van der Waals surface area contributed by atoms with Crippen LogP contribution in [0.5, 0.6) is 5.75 Å². The Bertz CT molecular complexity index is 1140. The normalized spacial score (nSPS) is 29.6. The number of nitrogens with two attached hydrogens (primary N) is 1.